The highest BCUT2D eigenvalue weighted by atomic mass is 35.5. The predicted octanol–water partition coefficient (Wildman–Crippen LogP) is 2.16. The van der Waals surface area contributed by atoms with Crippen LogP contribution in [-0.4, -0.2) is 16.2 Å². The van der Waals surface area contributed by atoms with Crippen LogP contribution in [0.3, 0.4) is 0 Å². The number of carbonyl (C=O) groups is 1. The molecule has 0 heterocycles. The van der Waals surface area contributed by atoms with Gasteiger partial charge in [0.1, 0.15) is 10.6 Å². The van der Waals surface area contributed by atoms with E-state index in [1.54, 1.807) is 0 Å². The van der Waals surface area contributed by atoms with Gasteiger partial charge < -0.3 is 10.2 Å². The van der Waals surface area contributed by atoms with Gasteiger partial charge in [-0.2, -0.15) is 4.39 Å². The zero-order valence-corrected chi connectivity index (χ0v) is 7.07. The molecule has 1 aromatic carbocycles. The second-order valence-electron chi connectivity index (χ2n) is 2.28. The molecule has 0 aromatic heterocycles. The predicted molar refractivity (Wildman–Crippen MR) is 40.0 cm³/mol. The summed E-state index contributed by atoms with van der Waals surface area (Å²) in [6.45, 7) is 0. The average molecular weight is 227 g/mol. The lowest BCUT2D eigenvalue weighted by atomic mass is 10.1. The Morgan fingerprint density at radius 1 is 1.14 bits per heavy atom. The van der Waals surface area contributed by atoms with E-state index in [-0.39, 0.29) is 0 Å². The zero-order chi connectivity index (χ0) is 11.0. The van der Waals surface area contributed by atoms with Crippen molar-refractivity contribution in [1.29, 1.82) is 0 Å². The molecule has 0 saturated heterocycles. The van der Waals surface area contributed by atoms with E-state index in [1.807, 2.05) is 0 Å². The molecule has 0 saturated carbocycles. The molecule has 3 nitrogen and oxygen atoms in total. The minimum Gasteiger partial charge on any atom is -0.504 e. The van der Waals surface area contributed by atoms with Crippen LogP contribution in [0.15, 0.2) is 0 Å². The molecule has 0 aliphatic carbocycles. The maximum absolute atomic E-state index is 12.9. The summed E-state index contributed by atoms with van der Waals surface area (Å²) < 4.78 is 38.1. The summed E-state index contributed by atoms with van der Waals surface area (Å²) >= 11 is 4.94. The molecule has 76 valence electrons. The second kappa shape index (κ2) is 3.38. The number of carboxylic acids is 1. The topological polar surface area (TPSA) is 57.5 Å². The fraction of sp³-hybridized carbons (Fsp3) is 0. The smallest absolute Gasteiger partial charge is 0.342 e. The molecule has 0 aliphatic heterocycles. The first-order valence-electron chi connectivity index (χ1n) is 3.16. The fourth-order valence-corrected chi connectivity index (χ4v) is 0.993. The first kappa shape index (κ1) is 10.6. The van der Waals surface area contributed by atoms with Crippen molar-refractivity contribution in [2.75, 3.05) is 0 Å². The van der Waals surface area contributed by atoms with Crippen LogP contribution < -0.4 is 0 Å². The Bertz CT molecular complexity index is 390. The van der Waals surface area contributed by atoms with E-state index in [0.717, 1.165) is 0 Å². The molecule has 0 bridgehead atoms. The number of rotatable bonds is 1. The largest absolute Gasteiger partial charge is 0.504 e. The molecule has 0 amide bonds. The van der Waals surface area contributed by atoms with Gasteiger partial charge in [-0.25, -0.2) is 13.6 Å². The highest BCUT2D eigenvalue weighted by molar-refractivity contribution is 6.31. The normalized spacial score (nSPS) is 10.3. The van der Waals surface area contributed by atoms with Crippen LogP contribution in [0.4, 0.5) is 13.2 Å². The fourth-order valence-electron chi connectivity index (χ4n) is 0.815. The molecule has 0 atom stereocenters. The number of phenols is 1. The highest BCUT2D eigenvalue weighted by Crippen LogP contribution is 2.32. The summed E-state index contributed by atoms with van der Waals surface area (Å²) in [6.07, 6.45) is 0. The van der Waals surface area contributed by atoms with Gasteiger partial charge in [0.25, 0.3) is 0 Å². The van der Waals surface area contributed by atoms with Gasteiger partial charge in [-0.05, 0) is 0 Å². The van der Waals surface area contributed by atoms with Crippen molar-refractivity contribution in [3.8, 4) is 5.75 Å². The number of halogens is 4. The van der Waals surface area contributed by atoms with Crippen molar-refractivity contribution < 1.29 is 28.2 Å². The van der Waals surface area contributed by atoms with Crippen molar-refractivity contribution in [2.24, 2.45) is 0 Å². The number of aromatic hydroxyl groups is 1. The van der Waals surface area contributed by atoms with Gasteiger partial charge in [0.05, 0.1) is 0 Å². The average Bonchev–Trinajstić information content (AvgIpc) is 2.11. The van der Waals surface area contributed by atoms with E-state index in [9.17, 15) is 18.0 Å². The summed E-state index contributed by atoms with van der Waals surface area (Å²) in [4.78, 5) is 10.3. The van der Waals surface area contributed by atoms with Crippen molar-refractivity contribution in [2.45, 2.75) is 0 Å². The molecule has 0 unspecified atom stereocenters. The van der Waals surface area contributed by atoms with Gasteiger partial charge in [0.2, 0.25) is 5.82 Å². The van der Waals surface area contributed by atoms with Gasteiger partial charge in [-0.15, -0.1) is 0 Å². The van der Waals surface area contributed by atoms with E-state index in [2.05, 4.69) is 0 Å². The van der Waals surface area contributed by atoms with Crippen LogP contribution in [0, 0.1) is 17.5 Å². The molecule has 2 N–H and O–H groups in total. The molecular weight excluding hydrogens is 225 g/mol. The van der Waals surface area contributed by atoms with E-state index in [0.29, 0.717) is 0 Å². The Morgan fingerprint density at radius 2 is 1.64 bits per heavy atom. The minimum atomic E-state index is -1.94. The van der Waals surface area contributed by atoms with Crippen LogP contribution in [0.1, 0.15) is 10.4 Å². The molecule has 7 heteroatoms. The van der Waals surface area contributed by atoms with Gasteiger partial charge in [0, 0.05) is 0 Å². The summed E-state index contributed by atoms with van der Waals surface area (Å²) in [5.41, 5.74) is -1.39. The maximum atomic E-state index is 12.9. The third kappa shape index (κ3) is 1.37. The van der Waals surface area contributed by atoms with Crippen LogP contribution in [-0.2, 0) is 0 Å². The van der Waals surface area contributed by atoms with Gasteiger partial charge in [-0.3, -0.25) is 0 Å². The Hall–Kier alpha value is -1.43. The molecule has 1 rings (SSSR count). The first-order valence-corrected chi connectivity index (χ1v) is 3.54. The highest BCUT2D eigenvalue weighted by Gasteiger charge is 2.27. The number of benzene rings is 1. The summed E-state index contributed by atoms with van der Waals surface area (Å²) in [7, 11) is 0. The van der Waals surface area contributed by atoms with E-state index in [4.69, 9.17) is 21.8 Å². The van der Waals surface area contributed by atoms with Gasteiger partial charge in [0.15, 0.2) is 17.4 Å². The Kier molecular flexibility index (Phi) is 2.57. The molecule has 0 aliphatic rings. The van der Waals surface area contributed by atoms with Gasteiger partial charge in [-0.1, -0.05) is 11.6 Å². The SMILES string of the molecule is O=C(O)c1c(O)c(F)c(F)c(Cl)c1F. The quantitative estimate of drug-likeness (QED) is 0.570. The monoisotopic (exact) mass is 226 g/mol. The minimum absolute atomic E-state index is 1.31. The van der Waals surface area contributed by atoms with Gasteiger partial charge >= 0.3 is 5.97 Å². The molecule has 0 radical (unpaired) electrons. The standard InChI is InChI=1S/C7H2ClF3O3/c8-2-3(9)1(7(13)14)6(12)5(11)4(2)10/h12H,(H,13,14). The molecular formula is C7H2ClF3O3. The van der Waals surface area contributed by atoms with Crippen LogP contribution in [0.25, 0.3) is 0 Å². The third-order valence-corrected chi connectivity index (χ3v) is 1.79. The van der Waals surface area contributed by atoms with Crippen LogP contribution in [0.2, 0.25) is 5.02 Å². The molecule has 0 fully saturated rings. The summed E-state index contributed by atoms with van der Waals surface area (Å²) in [5.74, 6) is -8.99. The molecule has 1 aromatic rings. The summed E-state index contributed by atoms with van der Waals surface area (Å²) in [5, 5.41) is 15.8. The number of aromatic carboxylic acids is 1. The van der Waals surface area contributed by atoms with Crippen molar-refractivity contribution >= 4 is 17.6 Å². The lowest BCUT2D eigenvalue weighted by molar-refractivity contribution is 0.0687. The van der Waals surface area contributed by atoms with Crippen LogP contribution >= 0.6 is 11.6 Å². The lowest BCUT2D eigenvalue weighted by Gasteiger charge is -2.05. The molecule has 0 spiro atoms. The van der Waals surface area contributed by atoms with Crippen molar-refractivity contribution in [3.63, 3.8) is 0 Å². The molecule has 14 heavy (non-hydrogen) atoms. The third-order valence-electron chi connectivity index (χ3n) is 1.46. The number of hydrogen-bond donors (Lipinski definition) is 2. The Morgan fingerprint density at radius 3 is 2.07 bits per heavy atom. The number of hydrogen-bond acceptors (Lipinski definition) is 2. The first-order chi connectivity index (χ1) is 6.37. The van der Waals surface area contributed by atoms with E-state index >= 15 is 0 Å². The van der Waals surface area contributed by atoms with E-state index in [1.165, 1.54) is 0 Å². The zero-order valence-electron chi connectivity index (χ0n) is 6.31. The second-order valence-corrected chi connectivity index (χ2v) is 2.66. The van der Waals surface area contributed by atoms with Crippen molar-refractivity contribution in [3.05, 3.63) is 28.0 Å². The number of carboxylic acid groups (broad SMARTS) is 1. The van der Waals surface area contributed by atoms with Crippen molar-refractivity contribution in [1.82, 2.24) is 0 Å². The Balaban J connectivity index is 3.68. The summed E-state index contributed by atoms with van der Waals surface area (Å²) in [6, 6.07) is 0. The maximum Gasteiger partial charge on any atom is 0.342 e. The van der Waals surface area contributed by atoms with E-state index < -0.39 is 39.8 Å². The lowest BCUT2D eigenvalue weighted by Crippen LogP contribution is -2.05. The van der Waals surface area contributed by atoms with Crippen LogP contribution in [0.5, 0.6) is 5.75 Å². The Labute approximate surface area is 80.3 Å².